The molecular weight excluding hydrogens is 230 g/mol. The molecule has 0 aromatic heterocycles. The molecule has 0 aliphatic heterocycles. The van der Waals surface area contributed by atoms with Gasteiger partial charge in [-0.25, -0.2) is 4.79 Å². The minimum atomic E-state index is -1.11. The van der Waals surface area contributed by atoms with Crippen LogP contribution in [0.15, 0.2) is 0 Å². The van der Waals surface area contributed by atoms with Crippen molar-refractivity contribution in [2.75, 3.05) is 13.6 Å². The number of carbonyl (C=O) groups excluding carboxylic acids is 3. The molecule has 0 bridgehead atoms. The van der Waals surface area contributed by atoms with Gasteiger partial charge in [0.25, 0.3) is 0 Å². The molecule has 0 saturated carbocycles. The third-order valence-electron chi connectivity index (χ3n) is 1.74. The molecule has 0 radical (unpaired) electrons. The van der Waals surface area contributed by atoms with Crippen molar-refractivity contribution in [2.45, 2.75) is 19.3 Å². The van der Waals surface area contributed by atoms with Crippen LogP contribution in [-0.4, -0.2) is 42.5 Å². The minimum absolute atomic E-state index is 0.0950. The summed E-state index contributed by atoms with van der Waals surface area (Å²) in [5, 5.41) is 14.9. The highest BCUT2D eigenvalue weighted by molar-refractivity contribution is 5.95. The summed E-state index contributed by atoms with van der Waals surface area (Å²) in [6.07, 6.45) is -0.497. The van der Waals surface area contributed by atoms with E-state index in [0.29, 0.717) is 0 Å². The summed E-state index contributed by atoms with van der Waals surface area (Å²) in [6, 6.07) is -0.746. The van der Waals surface area contributed by atoms with E-state index >= 15 is 0 Å². The van der Waals surface area contributed by atoms with E-state index in [1.54, 1.807) is 0 Å². The maximum absolute atomic E-state index is 11.0. The summed E-state index contributed by atoms with van der Waals surface area (Å²) in [4.78, 5) is 43.0. The molecule has 4 N–H and O–H groups in total. The fourth-order valence-corrected chi connectivity index (χ4v) is 0.868. The Bertz CT molecular complexity index is 316. The fraction of sp³-hybridized carbons (Fsp3) is 0.556. The van der Waals surface area contributed by atoms with E-state index in [-0.39, 0.29) is 31.7 Å². The van der Waals surface area contributed by atoms with Crippen LogP contribution in [0, 0.1) is 0 Å². The maximum Gasteiger partial charge on any atom is 0.321 e. The molecule has 0 rings (SSSR count). The summed E-state index contributed by atoms with van der Waals surface area (Å²) in [6.45, 7) is 0.0950. The first-order valence-electron chi connectivity index (χ1n) is 4.95. The average molecular weight is 245 g/mol. The number of imide groups is 1. The van der Waals surface area contributed by atoms with Crippen molar-refractivity contribution >= 4 is 23.8 Å². The SMILES string of the molecule is CNC(=O)CCNC(=O)NC(=O)CCC(=O)O. The smallest absolute Gasteiger partial charge is 0.321 e. The molecule has 0 spiro atoms. The standard InChI is InChI=1S/C9H15N3O5/c1-10-6(13)4-5-11-9(17)12-7(14)2-3-8(15)16/h2-5H2,1H3,(H,10,13)(H,15,16)(H2,11,12,14,17). The van der Waals surface area contributed by atoms with E-state index in [0.717, 1.165) is 0 Å². The molecule has 0 saturated heterocycles. The van der Waals surface area contributed by atoms with Gasteiger partial charge in [0.1, 0.15) is 0 Å². The Kier molecular flexibility index (Phi) is 7.07. The quantitative estimate of drug-likeness (QED) is 0.468. The van der Waals surface area contributed by atoms with Crippen LogP contribution >= 0.6 is 0 Å². The number of amides is 4. The lowest BCUT2D eigenvalue weighted by Crippen LogP contribution is -2.40. The number of hydrogen-bond donors (Lipinski definition) is 4. The second-order valence-electron chi connectivity index (χ2n) is 3.12. The van der Waals surface area contributed by atoms with Crippen molar-refractivity contribution < 1.29 is 24.3 Å². The van der Waals surface area contributed by atoms with E-state index in [1.165, 1.54) is 7.05 Å². The van der Waals surface area contributed by atoms with Crippen LogP contribution in [0.5, 0.6) is 0 Å². The topological polar surface area (TPSA) is 125 Å². The molecule has 4 amide bonds. The minimum Gasteiger partial charge on any atom is -0.481 e. The fourth-order valence-electron chi connectivity index (χ4n) is 0.868. The molecule has 0 unspecified atom stereocenters. The molecule has 96 valence electrons. The van der Waals surface area contributed by atoms with Gasteiger partial charge in [-0.1, -0.05) is 0 Å². The Labute approximate surface area is 97.7 Å². The van der Waals surface area contributed by atoms with Gasteiger partial charge in [-0.2, -0.15) is 0 Å². The molecule has 0 atom stereocenters. The van der Waals surface area contributed by atoms with Crippen molar-refractivity contribution in [1.29, 1.82) is 0 Å². The molecule has 0 aromatic carbocycles. The predicted molar refractivity (Wildman–Crippen MR) is 57.1 cm³/mol. The van der Waals surface area contributed by atoms with E-state index in [4.69, 9.17) is 5.11 Å². The zero-order valence-corrected chi connectivity index (χ0v) is 9.41. The first-order valence-corrected chi connectivity index (χ1v) is 4.95. The van der Waals surface area contributed by atoms with E-state index in [2.05, 4.69) is 10.6 Å². The highest BCUT2D eigenvalue weighted by Gasteiger charge is 2.09. The second kappa shape index (κ2) is 8.08. The summed E-state index contributed by atoms with van der Waals surface area (Å²) >= 11 is 0. The van der Waals surface area contributed by atoms with Gasteiger partial charge in [-0.3, -0.25) is 19.7 Å². The van der Waals surface area contributed by atoms with Crippen LogP contribution < -0.4 is 16.0 Å². The van der Waals surface area contributed by atoms with Crippen molar-refractivity contribution in [3.05, 3.63) is 0 Å². The number of urea groups is 1. The molecule has 0 aromatic rings. The third kappa shape index (κ3) is 8.85. The number of carbonyl (C=O) groups is 4. The van der Waals surface area contributed by atoms with E-state index in [1.807, 2.05) is 5.32 Å². The van der Waals surface area contributed by atoms with Crippen molar-refractivity contribution in [1.82, 2.24) is 16.0 Å². The zero-order chi connectivity index (χ0) is 13.3. The van der Waals surface area contributed by atoms with Gasteiger partial charge in [-0.15, -0.1) is 0 Å². The van der Waals surface area contributed by atoms with Gasteiger partial charge < -0.3 is 15.7 Å². The zero-order valence-electron chi connectivity index (χ0n) is 9.41. The number of nitrogens with one attached hydrogen (secondary N) is 3. The predicted octanol–water partition coefficient (Wildman–Crippen LogP) is -1.19. The Morgan fingerprint density at radius 3 is 2.18 bits per heavy atom. The van der Waals surface area contributed by atoms with Gasteiger partial charge in [0.15, 0.2) is 0 Å². The molecule has 17 heavy (non-hydrogen) atoms. The van der Waals surface area contributed by atoms with E-state index < -0.39 is 17.9 Å². The van der Waals surface area contributed by atoms with Crippen LogP contribution in [0.1, 0.15) is 19.3 Å². The van der Waals surface area contributed by atoms with Crippen molar-refractivity contribution in [3.63, 3.8) is 0 Å². The van der Waals surface area contributed by atoms with Crippen LogP contribution in [0.2, 0.25) is 0 Å². The summed E-state index contributed by atoms with van der Waals surface area (Å²) in [5.74, 6) is -2.02. The molecule has 0 aliphatic rings. The molecular formula is C9H15N3O5. The summed E-state index contributed by atoms with van der Waals surface area (Å²) in [7, 11) is 1.47. The summed E-state index contributed by atoms with van der Waals surface area (Å²) in [5.41, 5.74) is 0. The highest BCUT2D eigenvalue weighted by Crippen LogP contribution is 1.88. The molecule has 8 heteroatoms. The van der Waals surface area contributed by atoms with Crippen molar-refractivity contribution in [3.8, 4) is 0 Å². The number of rotatable bonds is 6. The van der Waals surface area contributed by atoms with Crippen LogP contribution in [0.25, 0.3) is 0 Å². The second-order valence-corrected chi connectivity index (χ2v) is 3.12. The van der Waals surface area contributed by atoms with Crippen LogP contribution in [-0.2, 0) is 14.4 Å². The lowest BCUT2D eigenvalue weighted by molar-refractivity contribution is -0.138. The van der Waals surface area contributed by atoms with Crippen molar-refractivity contribution in [2.24, 2.45) is 0 Å². The number of hydrogen-bond acceptors (Lipinski definition) is 4. The third-order valence-corrected chi connectivity index (χ3v) is 1.74. The first kappa shape index (κ1) is 14.9. The van der Waals surface area contributed by atoms with Gasteiger partial charge in [0.2, 0.25) is 11.8 Å². The number of carboxylic acid groups (broad SMARTS) is 1. The lowest BCUT2D eigenvalue weighted by atomic mass is 10.3. The molecule has 0 fully saturated rings. The maximum atomic E-state index is 11.0. The Morgan fingerprint density at radius 2 is 1.65 bits per heavy atom. The highest BCUT2D eigenvalue weighted by atomic mass is 16.4. The largest absolute Gasteiger partial charge is 0.481 e. The van der Waals surface area contributed by atoms with Gasteiger partial charge in [-0.05, 0) is 0 Å². The average Bonchev–Trinajstić information content (AvgIpc) is 2.26. The monoisotopic (exact) mass is 245 g/mol. The van der Waals surface area contributed by atoms with Gasteiger partial charge >= 0.3 is 12.0 Å². The molecule has 0 heterocycles. The van der Waals surface area contributed by atoms with Gasteiger partial charge in [0.05, 0.1) is 6.42 Å². The Hall–Kier alpha value is -2.12. The van der Waals surface area contributed by atoms with E-state index in [9.17, 15) is 19.2 Å². The van der Waals surface area contributed by atoms with Crippen LogP contribution in [0.4, 0.5) is 4.79 Å². The lowest BCUT2D eigenvalue weighted by Gasteiger charge is -2.05. The first-order chi connectivity index (χ1) is 7.95. The Balaban J connectivity index is 3.67. The molecule has 0 aliphatic carbocycles. The number of carboxylic acids is 1. The Morgan fingerprint density at radius 1 is 1.00 bits per heavy atom. The number of aliphatic carboxylic acids is 1. The normalized spacial score (nSPS) is 9.24. The molecule has 8 nitrogen and oxygen atoms in total. The summed E-state index contributed by atoms with van der Waals surface area (Å²) < 4.78 is 0. The van der Waals surface area contributed by atoms with Crippen LogP contribution in [0.3, 0.4) is 0 Å². The van der Waals surface area contributed by atoms with Gasteiger partial charge in [0, 0.05) is 26.4 Å².